The van der Waals surface area contributed by atoms with Gasteiger partial charge in [0.1, 0.15) is 5.60 Å². The average Bonchev–Trinajstić information content (AvgIpc) is 2.56. The Morgan fingerprint density at radius 2 is 1.91 bits per heavy atom. The van der Waals surface area contributed by atoms with Gasteiger partial charge in [-0.25, -0.2) is 9.69 Å². The van der Waals surface area contributed by atoms with Gasteiger partial charge >= 0.3 is 6.09 Å². The number of carbonyl (C=O) groups excluding carboxylic acids is 2. The van der Waals surface area contributed by atoms with Gasteiger partial charge in [-0.3, -0.25) is 4.79 Å². The second kappa shape index (κ2) is 5.39. The molecule has 0 atom stereocenters. The van der Waals surface area contributed by atoms with Crippen LogP contribution in [0.3, 0.4) is 0 Å². The van der Waals surface area contributed by atoms with Crippen LogP contribution in [-0.2, 0) is 21.6 Å². The quantitative estimate of drug-likeness (QED) is 0.839. The Bertz CT molecular complexity index is 614. The lowest BCUT2D eigenvalue weighted by atomic mass is 9.89. The Morgan fingerprint density at radius 1 is 1.27 bits per heavy atom. The molecule has 0 N–H and O–H groups in total. The van der Waals surface area contributed by atoms with E-state index in [1.54, 1.807) is 40.0 Å². The summed E-state index contributed by atoms with van der Waals surface area (Å²) in [5, 5.41) is 0. The first-order chi connectivity index (χ1) is 10.1. The molecule has 1 aromatic carbocycles. The summed E-state index contributed by atoms with van der Waals surface area (Å²) in [6, 6.07) is 5.46. The van der Waals surface area contributed by atoms with Crippen molar-refractivity contribution in [1.29, 1.82) is 0 Å². The molecular formula is C17H23NO4. The molecule has 0 aliphatic carbocycles. The topological polar surface area (TPSA) is 55.8 Å². The maximum atomic E-state index is 12.7. The standard InChI is InChI=1S/C17H23NO4/c1-16(2,3)22-15(20)18-14(19)12-9-7-8-11(10-21-6)13(12)17(18,4)5/h7-9H,10H2,1-6H3. The Balaban J connectivity index is 2.48. The summed E-state index contributed by atoms with van der Waals surface area (Å²) in [6.07, 6.45) is -0.623. The molecule has 0 saturated carbocycles. The second-order valence-corrected chi connectivity index (χ2v) is 6.95. The number of fused-ring (bicyclic) bond motifs is 1. The van der Waals surface area contributed by atoms with E-state index in [2.05, 4.69) is 0 Å². The van der Waals surface area contributed by atoms with E-state index in [9.17, 15) is 9.59 Å². The van der Waals surface area contributed by atoms with Crippen molar-refractivity contribution in [2.45, 2.75) is 52.4 Å². The summed E-state index contributed by atoms with van der Waals surface area (Å²) in [4.78, 5) is 26.4. The second-order valence-electron chi connectivity index (χ2n) is 6.95. The summed E-state index contributed by atoms with van der Waals surface area (Å²) in [5.74, 6) is -0.327. The Hall–Kier alpha value is -1.88. The van der Waals surface area contributed by atoms with Gasteiger partial charge in [0.15, 0.2) is 0 Å². The third kappa shape index (κ3) is 2.73. The SMILES string of the molecule is COCc1cccc2c1C(C)(C)N(C(=O)OC(C)(C)C)C2=O. The first-order valence-corrected chi connectivity index (χ1v) is 7.28. The minimum atomic E-state index is -0.774. The largest absolute Gasteiger partial charge is 0.443 e. The third-order valence-corrected chi connectivity index (χ3v) is 3.63. The molecule has 0 aromatic heterocycles. The maximum absolute atomic E-state index is 12.7. The summed E-state index contributed by atoms with van der Waals surface area (Å²) in [7, 11) is 1.61. The molecule has 0 spiro atoms. The monoisotopic (exact) mass is 305 g/mol. The van der Waals surface area contributed by atoms with Crippen LogP contribution in [0, 0.1) is 0 Å². The zero-order chi connectivity index (χ0) is 16.7. The van der Waals surface area contributed by atoms with E-state index in [4.69, 9.17) is 9.47 Å². The van der Waals surface area contributed by atoms with Gasteiger partial charge in [0.25, 0.3) is 5.91 Å². The zero-order valence-corrected chi connectivity index (χ0v) is 14.0. The van der Waals surface area contributed by atoms with Crippen molar-refractivity contribution in [3.63, 3.8) is 0 Å². The molecular weight excluding hydrogens is 282 g/mol. The minimum absolute atomic E-state index is 0.327. The highest BCUT2D eigenvalue weighted by molar-refractivity contribution is 6.08. The summed E-state index contributed by atoms with van der Waals surface area (Å²) in [6.45, 7) is 9.42. The van der Waals surface area contributed by atoms with Gasteiger partial charge in [-0.15, -0.1) is 0 Å². The van der Waals surface area contributed by atoms with Gasteiger partial charge in [0.05, 0.1) is 12.1 Å². The molecule has 2 rings (SSSR count). The van der Waals surface area contributed by atoms with Crippen molar-refractivity contribution in [3.8, 4) is 0 Å². The Morgan fingerprint density at radius 3 is 2.45 bits per heavy atom. The van der Waals surface area contributed by atoms with Gasteiger partial charge in [-0.2, -0.15) is 0 Å². The molecule has 0 saturated heterocycles. The van der Waals surface area contributed by atoms with Crippen LogP contribution in [-0.4, -0.2) is 29.6 Å². The van der Waals surface area contributed by atoms with E-state index in [1.165, 1.54) is 4.90 Å². The van der Waals surface area contributed by atoms with Crippen LogP contribution in [0.1, 0.15) is 56.1 Å². The fraction of sp³-hybridized carbons (Fsp3) is 0.529. The molecule has 5 nitrogen and oxygen atoms in total. The smallest absolute Gasteiger partial charge is 0.418 e. The van der Waals surface area contributed by atoms with Crippen molar-refractivity contribution >= 4 is 12.0 Å². The lowest BCUT2D eigenvalue weighted by Crippen LogP contribution is -2.46. The predicted octanol–water partition coefficient (Wildman–Crippen LogP) is 3.46. The number of carbonyl (C=O) groups is 2. The maximum Gasteiger partial charge on any atom is 0.418 e. The van der Waals surface area contributed by atoms with Gasteiger partial charge in [0, 0.05) is 12.7 Å². The van der Waals surface area contributed by atoms with Crippen molar-refractivity contribution < 1.29 is 19.1 Å². The van der Waals surface area contributed by atoms with E-state index >= 15 is 0 Å². The minimum Gasteiger partial charge on any atom is -0.443 e. The van der Waals surface area contributed by atoms with Crippen LogP contribution in [0.2, 0.25) is 0 Å². The van der Waals surface area contributed by atoms with Crippen LogP contribution in [0.5, 0.6) is 0 Å². The van der Waals surface area contributed by atoms with Gasteiger partial charge in [0.2, 0.25) is 0 Å². The highest BCUT2D eigenvalue weighted by Crippen LogP contribution is 2.41. The molecule has 2 amide bonds. The van der Waals surface area contributed by atoms with Crippen molar-refractivity contribution in [3.05, 3.63) is 34.9 Å². The molecule has 22 heavy (non-hydrogen) atoms. The van der Waals surface area contributed by atoms with Crippen LogP contribution in [0.4, 0.5) is 4.79 Å². The number of imide groups is 1. The van der Waals surface area contributed by atoms with E-state index < -0.39 is 17.2 Å². The molecule has 1 aliphatic rings. The Kier molecular flexibility index (Phi) is 4.04. The number of benzene rings is 1. The number of hydrogen-bond donors (Lipinski definition) is 0. The van der Waals surface area contributed by atoms with Crippen molar-refractivity contribution in [2.75, 3.05) is 7.11 Å². The first kappa shape index (κ1) is 16.5. The molecule has 1 heterocycles. The lowest BCUT2D eigenvalue weighted by Gasteiger charge is -2.33. The number of rotatable bonds is 2. The van der Waals surface area contributed by atoms with Crippen molar-refractivity contribution in [1.82, 2.24) is 4.90 Å². The van der Waals surface area contributed by atoms with Crippen LogP contribution in [0.15, 0.2) is 18.2 Å². The normalized spacial score (nSPS) is 16.6. The number of hydrogen-bond acceptors (Lipinski definition) is 4. The Labute approximate surface area is 131 Å². The van der Waals surface area contributed by atoms with E-state index in [0.29, 0.717) is 12.2 Å². The number of nitrogens with zero attached hydrogens (tertiary/aromatic N) is 1. The summed E-state index contributed by atoms with van der Waals surface area (Å²) < 4.78 is 10.6. The lowest BCUT2D eigenvalue weighted by molar-refractivity contribution is 0.00916. The van der Waals surface area contributed by atoms with E-state index in [0.717, 1.165) is 11.1 Å². The molecule has 5 heteroatoms. The molecule has 0 unspecified atom stereocenters. The van der Waals surface area contributed by atoms with Gasteiger partial charge in [-0.05, 0) is 51.8 Å². The van der Waals surface area contributed by atoms with Crippen LogP contribution >= 0.6 is 0 Å². The fourth-order valence-electron chi connectivity index (χ4n) is 2.88. The summed E-state index contributed by atoms with van der Waals surface area (Å²) in [5.41, 5.74) is 0.837. The van der Waals surface area contributed by atoms with E-state index in [1.807, 2.05) is 19.9 Å². The number of amides is 2. The molecule has 120 valence electrons. The highest BCUT2D eigenvalue weighted by atomic mass is 16.6. The molecule has 0 radical (unpaired) electrons. The highest BCUT2D eigenvalue weighted by Gasteiger charge is 2.49. The van der Waals surface area contributed by atoms with E-state index in [-0.39, 0.29) is 5.91 Å². The predicted molar refractivity (Wildman–Crippen MR) is 82.6 cm³/mol. The number of methoxy groups -OCH3 is 1. The van der Waals surface area contributed by atoms with Crippen LogP contribution in [0.25, 0.3) is 0 Å². The van der Waals surface area contributed by atoms with Gasteiger partial charge < -0.3 is 9.47 Å². The van der Waals surface area contributed by atoms with Gasteiger partial charge in [-0.1, -0.05) is 12.1 Å². The fourth-order valence-corrected chi connectivity index (χ4v) is 2.88. The van der Waals surface area contributed by atoms with Crippen molar-refractivity contribution in [2.24, 2.45) is 0 Å². The average molecular weight is 305 g/mol. The first-order valence-electron chi connectivity index (χ1n) is 7.28. The summed E-state index contributed by atoms with van der Waals surface area (Å²) >= 11 is 0. The number of ether oxygens (including phenoxy) is 2. The zero-order valence-electron chi connectivity index (χ0n) is 14.0. The molecule has 0 bridgehead atoms. The third-order valence-electron chi connectivity index (χ3n) is 3.63. The molecule has 1 aromatic rings. The van der Waals surface area contributed by atoms with Crippen LogP contribution < -0.4 is 0 Å². The molecule has 1 aliphatic heterocycles. The molecule has 0 fully saturated rings.